The Balaban J connectivity index is 0.00000144. The highest BCUT2D eigenvalue weighted by Gasteiger charge is 2.28. The monoisotopic (exact) mass is 213 g/mol. The summed E-state index contributed by atoms with van der Waals surface area (Å²) in [5.41, 5.74) is 5.70. The van der Waals surface area contributed by atoms with Crippen LogP contribution in [0, 0.1) is 11.8 Å². The third-order valence-electron chi connectivity index (χ3n) is 2.92. The van der Waals surface area contributed by atoms with Gasteiger partial charge < -0.3 is 5.73 Å². The molecule has 13 heavy (non-hydrogen) atoms. The fourth-order valence-electron chi connectivity index (χ4n) is 1.92. The van der Waals surface area contributed by atoms with E-state index in [2.05, 4.69) is 0 Å². The van der Waals surface area contributed by atoms with Crippen LogP contribution in [0.5, 0.6) is 0 Å². The van der Waals surface area contributed by atoms with Crippen molar-refractivity contribution in [3.05, 3.63) is 0 Å². The van der Waals surface area contributed by atoms with Gasteiger partial charge in [-0.2, -0.15) is 0 Å². The van der Waals surface area contributed by atoms with Crippen LogP contribution < -0.4 is 5.73 Å². The molecular weight excluding hydrogens is 196 g/mol. The minimum atomic E-state index is -2.13. The van der Waals surface area contributed by atoms with E-state index in [0.717, 1.165) is 12.8 Å². The van der Waals surface area contributed by atoms with Gasteiger partial charge >= 0.3 is 0 Å². The van der Waals surface area contributed by atoms with Crippen molar-refractivity contribution >= 4 is 12.4 Å². The predicted molar refractivity (Wildman–Crippen MR) is 52.3 cm³/mol. The molecule has 1 nitrogen and oxygen atoms in total. The molecule has 0 bridgehead atoms. The third-order valence-corrected chi connectivity index (χ3v) is 2.92. The molecule has 0 heterocycles. The number of rotatable bonds is 2. The normalized spacial score (nSPS) is 31.2. The lowest BCUT2D eigenvalue weighted by molar-refractivity contribution is 0.0444. The van der Waals surface area contributed by atoms with Crippen molar-refractivity contribution in [1.29, 1.82) is 0 Å². The van der Waals surface area contributed by atoms with E-state index < -0.39 is 6.43 Å². The van der Waals surface area contributed by atoms with Crippen LogP contribution in [0.3, 0.4) is 0 Å². The molecule has 0 aromatic carbocycles. The molecule has 1 atom stereocenters. The summed E-state index contributed by atoms with van der Waals surface area (Å²) in [5, 5.41) is 0. The van der Waals surface area contributed by atoms with E-state index in [-0.39, 0.29) is 24.4 Å². The van der Waals surface area contributed by atoms with Gasteiger partial charge in [-0.05, 0) is 38.5 Å². The molecule has 1 rings (SSSR count). The minimum Gasteiger partial charge on any atom is -0.328 e. The quantitative estimate of drug-likeness (QED) is 0.750. The van der Waals surface area contributed by atoms with Crippen LogP contribution >= 0.6 is 12.4 Å². The van der Waals surface area contributed by atoms with Gasteiger partial charge in [0.15, 0.2) is 0 Å². The van der Waals surface area contributed by atoms with Crippen LogP contribution in [0.25, 0.3) is 0 Å². The van der Waals surface area contributed by atoms with Crippen LogP contribution in [0.4, 0.5) is 8.78 Å². The van der Waals surface area contributed by atoms with Gasteiger partial charge in [0.2, 0.25) is 6.43 Å². The van der Waals surface area contributed by atoms with Crippen LogP contribution in [0.15, 0.2) is 0 Å². The Morgan fingerprint density at radius 3 is 1.77 bits per heavy atom. The van der Waals surface area contributed by atoms with Gasteiger partial charge in [0.05, 0.1) is 0 Å². The molecule has 0 aliphatic heterocycles. The maximum atomic E-state index is 12.2. The largest absolute Gasteiger partial charge is 0.328 e. The van der Waals surface area contributed by atoms with Crippen LogP contribution in [0.1, 0.15) is 32.6 Å². The second kappa shape index (κ2) is 5.76. The Hall–Kier alpha value is 0.110. The second-order valence-electron chi connectivity index (χ2n) is 3.87. The summed E-state index contributed by atoms with van der Waals surface area (Å²) in [7, 11) is 0. The summed E-state index contributed by atoms with van der Waals surface area (Å²) in [6.07, 6.45) is 0.951. The zero-order valence-corrected chi connectivity index (χ0v) is 8.70. The summed E-state index contributed by atoms with van der Waals surface area (Å²) in [4.78, 5) is 0. The van der Waals surface area contributed by atoms with E-state index >= 15 is 0 Å². The van der Waals surface area contributed by atoms with Crippen molar-refractivity contribution in [2.45, 2.75) is 45.1 Å². The molecule has 0 unspecified atom stereocenters. The van der Waals surface area contributed by atoms with Crippen LogP contribution in [0.2, 0.25) is 0 Å². The summed E-state index contributed by atoms with van der Waals surface area (Å²) >= 11 is 0. The lowest BCUT2D eigenvalue weighted by Crippen LogP contribution is -2.31. The van der Waals surface area contributed by atoms with Gasteiger partial charge in [-0.1, -0.05) is 0 Å². The van der Waals surface area contributed by atoms with E-state index in [1.807, 2.05) is 6.92 Å². The number of nitrogens with two attached hydrogens (primary N) is 1. The van der Waals surface area contributed by atoms with Gasteiger partial charge in [0, 0.05) is 12.0 Å². The maximum absolute atomic E-state index is 12.2. The molecule has 0 aromatic heterocycles. The fraction of sp³-hybridized carbons (Fsp3) is 1.00. The molecule has 2 N–H and O–H groups in total. The van der Waals surface area contributed by atoms with Gasteiger partial charge in [0.25, 0.3) is 0 Å². The maximum Gasteiger partial charge on any atom is 0.241 e. The smallest absolute Gasteiger partial charge is 0.241 e. The fourth-order valence-corrected chi connectivity index (χ4v) is 1.92. The molecule has 4 heteroatoms. The first kappa shape index (κ1) is 13.1. The molecule has 1 fully saturated rings. The lowest BCUT2D eigenvalue weighted by Gasteiger charge is -2.30. The molecular formula is C9H18ClF2N. The first-order valence-corrected chi connectivity index (χ1v) is 4.65. The zero-order chi connectivity index (χ0) is 9.14. The van der Waals surface area contributed by atoms with Gasteiger partial charge in [-0.15, -0.1) is 12.4 Å². The second-order valence-corrected chi connectivity index (χ2v) is 3.87. The summed E-state index contributed by atoms with van der Waals surface area (Å²) in [5.74, 6) is 0.111. The standard InChI is InChI=1S/C9H17F2N.ClH/c1-6(12)7-2-4-8(5-3-7)9(10)11;/h6-9H,2-5,12H2,1H3;1H/t6-,7?,8?;/m0./s1. The average molecular weight is 214 g/mol. The van der Waals surface area contributed by atoms with Gasteiger partial charge in [-0.3, -0.25) is 0 Å². The zero-order valence-electron chi connectivity index (χ0n) is 7.88. The Labute approximate surface area is 84.5 Å². The highest BCUT2D eigenvalue weighted by molar-refractivity contribution is 5.85. The van der Waals surface area contributed by atoms with Gasteiger partial charge in [-0.25, -0.2) is 8.78 Å². The Morgan fingerprint density at radius 1 is 1.08 bits per heavy atom. The Kier molecular flexibility index (Phi) is 5.81. The molecule has 1 saturated carbocycles. The number of hydrogen-bond donors (Lipinski definition) is 1. The highest BCUT2D eigenvalue weighted by atomic mass is 35.5. The summed E-state index contributed by atoms with van der Waals surface area (Å²) in [6, 6.07) is 0.170. The molecule has 1 aliphatic rings. The third kappa shape index (κ3) is 3.77. The van der Waals surface area contributed by atoms with Crippen molar-refractivity contribution in [3.63, 3.8) is 0 Å². The van der Waals surface area contributed by atoms with Crippen LogP contribution in [-0.2, 0) is 0 Å². The molecule has 1 aliphatic carbocycles. The molecule has 0 aromatic rings. The van der Waals surface area contributed by atoms with Crippen molar-refractivity contribution in [3.8, 4) is 0 Å². The van der Waals surface area contributed by atoms with Crippen molar-refractivity contribution in [2.24, 2.45) is 17.6 Å². The van der Waals surface area contributed by atoms with Crippen molar-refractivity contribution in [2.75, 3.05) is 0 Å². The molecule has 80 valence electrons. The van der Waals surface area contributed by atoms with E-state index in [9.17, 15) is 8.78 Å². The van der Waals surface area contributed by atoms with E-state index in [1.54, 1.807) is 0 Å². The van der Waals surface area contributed by atoms with Gasteiger partial charge in [0.1, 0.15) is 0 Å². The van der Waals surface area contributed by atoms with Crippen LogP contribution in [-0.4, -0.2) is 12.5 Å². The highest BCUT2D eigenvalue weighted by Crippen LogP contribution is 2.33. The number of halogens is 3. The predicted octanol–water partition coefficient (Wildman–Crippen LogP) is 2.83. The van der Waals surface area contributed by atoms with E-state index in [4.69, 9.17) is 5.73 Å². The SMILES string of the molecule is C[C@H](N)C1CCC(C(F)F)CC1.Cl. The summed E-state index contributed by atoms with van der Waals surface area (Å²) < 4.78 is 24.4. The topological polar surface area (TPSA) is 26.0 Å². The van der Waals surface area contributed by atoms with Crippen molar-refractivity contribution in [1.82, 2.24) is 0 Å². The number of hydrogen-bond acceptors (Lipinski definition) is 1. The average Bonchev–Trinajstić information content (AvgIpc) is 2.04. The molecule has 0 spiro atoms. The van der Waals surface area contributed by atoms with E-state index in [1.165, 1.54) is 0 Å². The lowest BCUT2D eigenvalue weighted by atomic mass is 9.79. The summed E-state index contributed by atoms with van der Waals surface area (Å²) in [6.45, 7) is 1.97. The van der Waals surface area contributed by atoms with Crippen molar-refractivity contribution < 1.29 is 8.78 Å². The molecule has 0 saturated heterocycles. The van der Waals surface area contributed by atoms with E-state index in [0.29, 0.717) is 18.8 Å². The Morgan fingerprint density at radius 2 is 1.46 bits per heavy atom. The Bertz CT molecular complexity index is 118. The molecule has 0 amide bonds. The first-order chi connectivity index (χ1) is 5.61. The first-order valence-electron chi connectivity index (χ1n) is 4.65. The molecule has 0 radical (unpaired) electrons. The number of alkyl halides is 2. The minimum absolute atomic E-state index is 0.